The first-order valence-electron chi connectivity index (χ1n) is 6.70. The Hall–Kier alpha value is -1.60. The Bertz CT molecular complexity index is 656. The molecule has 0 saturated carbocycles. The van der Waals surface area contributed by atoms with Crippen LogP contribution >= 0.6 is 23.1 Å². The monoisotopic (exact) mass is 320 g/mol. The molecule has 0 unspecified atom stereocenters. The van der Waals surface area contributed by atoms with Gasteiger partial charge in [-0.3, -0.25) is 4.79 Å². The van der Waals surface area contributed by atoms with Crippen molar-refractivity contribution < 1.29 is 4.79 Å². The molecule has 1 N–H and O–H groups in total. The number of para-hydroxylation sites is 1. The Morgan fingerprint density at radius 3 is 2.90 bits per heavy atom. The second-order valence-electron chi connectivity index (χ2n) is 5.04. The van der Waals surface area contributed by atoms with E-state index in [0.717, 1.165) is 28.0 Å². The smallest absolute Gasteiger partial charge is 0.237 e. The van der Waals surface area contributed by atoms with Crippen molar-refractivity contribution in [3.05, 3.63) is 29.8 Å². The predicted molar refractivity (Wildman–Crippen MR) is 87.3 cm³/mol. The summed E-state index contributed by atoms with van der Waals surface area (Å²) in [6.07, 6.45) is 1.70. The highest BCUT2D eigenvalue weighted by Crippen LogP contribution is 2.34. The van der Waals surface area contributed by atoms with Crippen LogP contribution in [0.1, 0.15) is 12.0 Å². The fourth-order valence-electron chi connectivity index (χ4n) is 2.16. The lowest BCUT2D eigenvalue weighted by molar-refractivity contribution is -0.115. The SMILES string of the molecule is CN(C)c1nnc(S[C@H]2CCc3ccccc3NC2=O)s1. The normalized spacial score (nSPS) is 17.8. The van der Waals surface area contributed by atoms with Crippen LogP contribution in [-0.4, -0.2) is 35.4 Å². The van der Waals surface area contributed by atoms with E-state index in [0.29, 0.717) is 0 Å². The Morgan fingerprint density at radius 1 is 1.33 bits per heavy atom. The van der Waals surface area contributed by atoms with Crippen LogP contribution in [0.3, 0.4) is 0 Å². The zero-order valence-corrected chi connectivity index (χ0v) is 13.5. The van der Waals surface area contributed by atoms with Crippen LogP contribution in [0, 0.1) is 0 Å². The van der Waals surface area contributed by atoms with Gasteiger partial charge in [0.1, 0.15) is 0 Å². The summed E-state index contributed by atoms with van der Waals surface area (Å²) in [5.41, 5.74) is 2.12. The number of hydrogen-bond acceptors (Lipinski definition) is 6. The van der Waals surface area contributed by atoms with E-state index in [1.54, 1.807) is 0 Å². The fourth-order valence-corrected chi connectivity index (χ4v) is 4.16. The number of fused-ring (bicyclic) bond motifs is 1. The summed E-state index contributed by atoms with van der Waals surface area (Å²) in [6, 6.07) is 7.97. The molecule has 1 aliphatic rings. The number of benzene rings is 1. The highest BCUT2D eigenvalue weighted by Gasteiger charge is 2.25. The van der Waals surface area contributed by atoms with Crippen molar-refractivity contribution in [2.24, 2.45) is 0 Å². The minimum Gasteiger partial charge on any atom is -0.353 e. The van der Waals surface area contributed by atoms with Crippen molar-refractivity contribution in [1.82, 2.24) is 10.2 Å². The van der Waals surface area contributed by atoms with Gasteiger partial charge in [-0.2, -0.15) is 0 Å². The lowest BCUT2D eigenvalue weighted by atomic mass is 10.1. The molecule has 7 heteroatoms. The lowest BCUT2D eigenvalue weighted by Gasteiger charge is -2.10. The number of amides is 1. The van der Waals surface area contributed by atoms with Gasteiger partial charge in [0, 0.05) is 19.8 Å². The molecule has 1 atom stereocenters. The van der Waals surface area contributed by atoms with Crippen LogP contribution in [0.4, 0.5) is 10.8 Å². The first-order chi connectivity index (χ1) is 10.1. The van der Waals surface area contributed by atoms with Crippen molar-refractivity contribution >= 4 is 39.8 Å². The van der Waals surface area contributed by atoms with Gasteiger partial charge in [-0.05, 0) is 24.5 Å². The molecule has 0 saturated heterocycles. The minimum absolute atomic E-state index is 0.0477. The molecule has 2 aromatic rings. The Balaban J connectivity index is 1.73. The maximum atomic E-state index is 12.3. The topological polar surface area (TPSA) is 58.1 Å². The van der Waals surface area contributed by atoms with Crippen molar-refractivity contribution in [3.63, 3.8) is 0 Å². The molecule has 3 rings (SSSR count). The van der Waals surface area contributed by atoms with Gasteiger partial charge in [0.2, 0.25) is 11.0 Å². The van der Waals surface area contributed by atoms with E-state index < -0.39 is 0 Å². The van der Waals surface area contributed by atoms with E-state index in [9.17, 15) is 4.79 Å². The van der Waals surface area contributed by atoms with Crippen molar-refractivity contribution in [2.45, 2.75) is 22.4 Å². The number of nitrogens with one attached hydrogen (secondary N) is 1. The molecule has 0 aliphatic carbocycles. The van der Waals surface area contributed by atoms with Gasteiger partial charge >= 0.3 is 0 Å². The molecule has 5 nitrogen and oxygen atoms in total. The number of nitrogens with zero attached hydrogens (tertiary/aromatic N) is 3. The van der Waals surface area contributed by atoms with E-state index >= 15 is 0 Å². The van der Waals surface area contributed by atoms with Crippen molar-refractivity contribution in [3.8, 4) is 0 Å². The molecule has 0 spiro atoms. The van der Waals surface area contributed by atoms with Crippen LogP contribution in [0.25, 0.3) is 0 Å². The van der Waals surface area contributed by atoms with Crippen LogP contribution in [0.5, 0.6) is 0 Å². The molecule has 2 heterocycles. The average Bonchev–Trinajstić information content (AvgIpc) is 2.87. The number of aromatic nitrogens is 2. The molecule has 1 amide bonds. The summed E-state index contributed by atoms with van der Waals surface area (Å²) in [7, 11) is 3.87. The highest BCUT2D eigenvalue weighted by molar-refractivity contribution is 8.02. The number of anilines is 2. The van der Waals surface area contributed by atoms with Gasteiger partial charge in [0.15, 0.2) is 4.34 Å². The van der Waals surface area contributed by atoms with Crippen molar-refractivity contribution in [1.29, 1.82) is 0 Å². The fraction of sp³-hybridized carbons (Fsp3) is 0.357. The third-order valence-corrected chi connectivity index (χ3v) is 5.71. The molecule has 110 valence electrons. The van der Waals surface area contributed by atoms with Gasteiger partial charge < -0.3 is 10.2 Å². The summed E-state index contributed by atoms with van der Waals surface area (Å²) in [5, 5.41) is 12.0. The number of hydrogen-bond donors (Lipinski definition) is 1. The number of aryl methyl sites for hydroxylation is 1. The highest BCUT2D eigenvalue weighted by atomic mass is 32.2. The molecule has 0 radical (unpaired) electrons. The van der Waals surface area contributed by atoms with Crippen molar-refractivity contribution in [2.75, 3.05) is 24.3 Å². The standard InChI is InChI=1S/C14H16N4OS2/c1-18(2)13-16-17-14(21-13)20-11-8-7-9-5-3-4-6-10(9)15-12(11)19/h3-6,11H,7-8H2,1-2H3,(H,15,19)/t11-/m0/s1. The summed E-state index contributed by atoms with van der Waals surface area (Å²) in [5.74, 6) is 0.0477. The van der Waals surface area contributed by atoms with E-state index in [2.05, 4.69) is 21.6 Å². The predicted octanol–water partition coefficient (Wildman–Crippen LogP) is 2.65. The van der Waals surface area contributed by atoms with Gasteiger partial charge in [0.25, 0.3) is 0 Å². The Morgan fingerprint density at radius 2 is 2.14 bits per heavy atom. The van der Waals surface area contributed by atoms with E-state index in [-0.39, 0.29) is 11.2 Å². The largest absolute Gasteiger partial charge is 0.353 e. The van der Waals surface area contributed by atoms with Gasteiger partial charge in [-0.1, -0.05) is 41.3 Å². The maximum absolute atomic E-state index is 12.3. The third-order valence-electron chi connectivity index (χ3n) is 3.26. The molecule has 1 aliphatic heterocycles. The van der Waals surface area contributed by atoms with Crippen LogP contribution in [0.2, 0.25) is 0 Å². The van der Waals surface area contributed by atoms with Gasteiger partial charge in [0.05, 0.1) is 5.25 Å². The first kappa shape index (κ1) is 14.3. The molecular formula is C14H16N4OS2. The third kappa shape index (κ3) is 3.19. The molecular weight excluding hydrogens is 304 g/mol. The molecule has 21 heavy (non-hydrogen) atoms. The zero-order chi connectivity index (χ0) is 14.8. The zero-order valence-electron chi connectivity index (χ0n) is 11.9. The van der Waals surface area contributed by atoms with Gasteiger partial charge in [-0.25, -0.2) is 0 Å². The second kappa shape index (κ2) is 6.03. The van der Waals surface area contributed by atoms with Gasteiger partial charge in [-0.15, -0.1) is 10.2 Å². The Labute approximate surface area is 131 Å². The average molecular weight is 320 g/mol. The summed E-state index contributed by atoms with van der Waals surface area (Å²) in [4.78, 5) is 14.3. The number of carbonyl (C=O) groups is 1. The second-order valence-corrected chi connectivity index (χ2v) is 7.44. The number of carbonyl (C=O) groups excluding carboxylic acids is 1. The molecule has 0 bridgehead atoms. The lowest BCUT2D eigenvalue weighted by Crippen LogP contribution is -2.23. The number of thioether (sulfide) groups is 1. The first-order valence-corrected chi connectivity index (χ1v) is 8.39. The maximum Gasteiger partial charge on any atom is 0.237 e. The summed E-state index contributed by atoms with van der Waals surface area (Å²) >= 11 is 3.02. The molecule has 0 fully saturated rings. The van der Waals surface area contributed by atoms with Crippen LogP contribution in [-0.2, 0) is 11.2 Å². The van der Waals surface area contributed by atoms with E-state index in [1.165, 1.54) is 28.7 Å². The minimum atomic E-state index is -0.125. The van der Waals surface area contributed by atoms with Crippen LogP contribution < -0.4 is 10.2 Å². The summed E-state index contributed by atoms with van der Waals surface area (Å²) < 4.78 is 0.838. The van der Waals surface area contributed by atoms with E-state index in [1.807, 2.05) is 37.2 Å². The molecule has 1 aromatic heterocycles. The quantitative estimate of drug-likeness (QED) is 0.942. The van der Waals surface area contributed by atoms with E-state index in [4.69, 9.17) is 0 Å². The Kier molecular flexibility index (Phi) is 4.12. The molecule has 1 aromatic carbocycles. The number of rotatable bonds is 3. The van der Waals surface area contributed by atoms with Crippen LogP contribution in [0.15, 0.2) is 28.6 Å². The summed E-state index contributed by atoms with van der Waals surface area (Å²) in [6.45, 7) is 0.